The van der Waals surface area contributed by atoms with Crippen molar-refractivity contribution < 1.29 is 4.79 Å². The van der Waals surface area contributed by atoms with E-state index >= 15 is 0 Å². The zero-order valence-corrected chi connectivity index (χ0v) is 12.3. The second kappa shape index (κ2) is 6.14. The molecule has 0 spiro atoms. The molecule has 0 saturated carbocycles. The van der Waals surface area contributed by atoms with Crippen LogP contribution in [0.3, 0.4) is 0 Å². The van der Waals surface area contributed by atoms with Gasteiger partial charge in [-0.05, 0) is 43.6 Å². The molecule has 2 N–H and O–H groups in total. The zero-order chi connectivity index (χ0) is 14.7. The summed E-state index contributed by atoms with van der Waals surface area (Å²) in [5.41, 5.74) is 2.74. The van der Waals surface area contributed by atoms with Crippen molar-refractivity contribution in [3.63, 3.8) is 0 Å². The number of nitrogens with one attached hydrogen (secondary N) is 2. The van der Waals surface area contributed by atoms with Gasteiger partial charge in [-0.1, -0.05) is 30.3 Å². The lowest BCUT2D eigenvalue weighted by Gasteiger charge is -2.31. The summed E-state index contributed by atoms with van der Waals surface area (Å²) < 4.78 is 0. The Morgan fingerprint density at radius 2 is 1.81 bits per heavy atom. The Bertz CT molecular complexity index is 600. The fraction of sp³-hybridized carbons (Fsp3) is 0.353. The Labute approximate surface area is 125 Å². The molecule has 1 amide bonds. The molecule has 1 aliphatic heterocycles. The topological polar surface area (TPSA) is 48.1 Å². The van der Waals surface area contributed by atoms with E-state index in [1.54, 1.807) is 0 Å². The lowest BCUT2D eigenvalue weighted by molar-refractivity contribution is 0.0698. The summed E-state index contributed by atoms with van der Waals surface area (Å²) in [4.78, 5) is 17.7. The van der Waals surface area contributed by atoms with Crippen LogP contribution in [-0.4, -0.2) is 42.0 Å². The standard InChI is InChI=1S/C17H21N3O/c1-20(14-9-11-18-12-10-14)17(21)16-8-7-15(19-16)13-5-3-2-4-6-13/h2-8,14,18-19H,9-12H2,1H3. The molecule has 21 heavy (non-hydrogen) atoms. The normalized spacial score (nSPS) is 15.9. The molecule has 0 radical (unpaired) electrons. The second-order valence-corrected chi connectivity index (χ2v) is 5.55. The molecule has 0 aliphatic carbocycles. The third-order valence-electron chi connectivity index (χ3n) is 4.18. The maximum atomic E-state index is 12.6. The predicted octanol–water partition coefficient (Wildman–Crippen LogP) is 2.51. The van der Waals surface area contributed by atoms with E-state index in [0.717, 1.165) is 37.2 Å². The molecular formula is C17H21N3O. The number of carbonyl (C=O) groups excluding carboxylic acids is 1. The molecule has 2 heterocycles. The summed E-state index contributed by atoms with van der Waals surface area (Å²) in [6.07, 6.45) is 2.04. The monoisotopic (exact) mass is 283 g/mol. The van der Waals surface area contributed by atoms with Gasteiger partial charge in [0.05, 0.1) is 0 Å². The number of benzene rings is 1. The van der Waals surface area contributed by atoms with Crippen molar-refractivity contribution >= 4 is 5.91 Å². The van der Waals surface area contributed by atoms with Crippen molar-refractivity contribution in [3.8, 4) is 11.3 Å². The molecule has 0 bridgehead atoms. The quantitative estimate of drug-likeness (QED) is 0.909. The Hall–Kier alpha value is -2.07. The molecule has 2 aromatic rings. The number of piperidine rings is 1. The smallest absolute Gasteiger partial charge is 0.270 e. The first-order valence-electron chi connectivity index (χ1n) is 7.48. The van der Waals surface area contributed by atoms with Gasteiger partial charge in [-0.15, -0.1) is 0 Å². The van der Waals surface area contributed by atoms with Crippen LogP contribution < -0.4 is 5.32 Å². The third-order valence-corrected chi connectivity index (χ3v) is 4.18. The molecule has 0 atom stereocenters. The van der Waals surface area contributed by atoms with Crippen molar-refractivity contribution in [1.82, 2.24) is 15.2 Å². The Morgan fingerprint density at radius 3 is 2.52 bits per heavy atom. The minimum atomic E-state index is 0.0732. The molecule has 0 unspecified atom stereocenters. The van der Waals surface area contributed by atoms with E-state index in [1.165, 1.54) is 0 Å². The summed E-state index contributed by atoms with van der Waals surface area (Å²) in [5.74, 6) is 0.0732. The van der Waals surface area contributed by atoms with Gasteiger partial charge in [-0.3, -0.25) is 4.79 Å². The van der Waals surface area contributed by atoms with E-state index < -0.39 is 0 Å². The number of aromatic amines is 1. The Balaban J connectivity index is 1.74. The molecule has 1 aromatic carbocycles. The number of aromatic nitrogens is 1. The predicted molar refractivity (Wildman–Crippen MR) is 84.2 cm³/mol. The summed E-state index contributed by atoms with van der Waals surface area (Å²) in [6, 6.07) is 14.2. The second-order valence-electron chi connectivity index (χ2n) is 5.55. The first kappa shape index (κ1) is 13.9. The summed E-state index contributed by atoms with van der Waals surface area (Å²) >= 11 is 0. The van der Waals surface area contributed by atoms with E-state index in [1.807, 2.05) is 54.4 Å². The molecule has 1 aliphatic rings. The minimum Gasteiger partial charge on any atom is -0.351 e. The number of rotatable bonds is 3. The molecule has 1 saturated heterocycles. The minimum absolute atomic E-state index is 0.0732. The largest absolute Gasteiger partial charge is 0.351 e. The van der Waals surface area contributed by atoms with Crippen LogP contribution in [0.25, 0.3) is 11.3 Å². The number of hydrogen-bond acceptors (Lipinski definition) is 2. The number of amides is 1. The summed E-state index contributed by atoms with van der Waals surface area (Å²) in [5, 5.41) is 3.33. The highest BCUT2D eigenvalue weighted by molar-refractivity contribution is 5.93. The average Bonchev–Trinajstić information content (AvgIpc) is 3.05. The van der Waals surface area contributed by atoms with Crippen molar-refractivity contribution in [3.05, 3.63) is 48.2 Å². The lowest BCUT2D eigenvalue weighted by atomic mass is 10.1. The summed E-state index contributed by atoms with van der Waals surface area (Å²) in [7, 11) is 1.90. The van der Waals surface area contributed by atoms with Crippen molar-refractivity contribution in [1.29, 1.82) is 0 Å². The van der Waals surface area contributed by atoms with E-state index in [2.05, 4.69) is 10.3 Å². The molecular weight excluding hydrogens is 262 g/mol. The Kier molecular flexibility index (Phi) is 4.06. The van der Waals surface area contributed by atoms with Crippen molar-refractivity contribution in [2.75, 3.05) is 20.1 Å². The number of H-pyrrole nitrogens is 1. The third kappa shape index (κ3) is 3.00. The van der Waals surface area contributed by atoms with Crippen LogP contribution in [0.1, 0.15) is 23.3 Å². The van der Waals surface area contributed by atoms with Gasteiger partial charge in [-0.2, -0.15) is 0 Å². The number of hydrogen-bond donors (Lipinski definition) is 2. The highest BCUT2D eigenvalue weighted by Crippen LogP contribution is 2.20. The van der Waals surface area contributed by atoms with Gasteiger partial charge in [0.15, 0.2) is 0 Å². The van der Waals surface area contributed by atoms with Crippen LogP contribution in [0.5, 0.6) is 0 Å². The van der Waals surface area contributed by atoms with Gasteiger partial charge in [0.2, 0.25) is 0 Å². The van der Waals surface area contributed by atoms with Crippen LogP contribution in [0.15, 0.2) is 42.5 Å². The first-order valence-corrected chi connectivity index (χ1v) is 7.48. The summed E-state index contributed by atoms with van der Waals surface area (Å²) in [6.45, 7) is 1.98. The van der Waals surface area contributed by atoms with Gasteiger partial charge in [0, 0.05) is 18.8 Å². The average molecular weight is 283 g/mol. The van der Waals surface area contributed by atoms with Gasteiger partial charge in [0.1, 0.15) is 5.69 Å². The zero-order valence-electron chi connectivity index (χ0n) is 12.3. The molecule has 3 rings (SSSR count). The number of nitrogens with zero attached hydrogens (tertiary/aromatic N) is 1. The molecule has 4 heteroatoms. The van der Waals surface area contributed by atoms with E-state index in [4.69, 9.17) is 0 Å². The molecule has 1 fully saturated rings. The van der Waals surface area contributed by atoms with Gasteiger partial charge in [-0.25, -0.2) is 0 Å². The lowest BCUT2D eigenvalue weighted by Crippen LogP contribution is -2.44. The fourth-order valence-electron chi connectivity index (χ4n) is 2.86. The number of carbonyl (C=O) groups is 1. The maximum absolute atomic E-state index is 12.6. The van der Waals surface area contributed by atoms with Gasteiger partial charge in [0.25, 0.3) is 5.91 Å². The highest BCUT2D eigenvalue weighted by atomic mass is 16.2. The van der Waals surface area contributed by atoms with Crippen LogP contribution in [-0.2, 0) is 0 Å². The van der Waals surface area contributed by atoms with Crippen molar-refractivity contribution in [2.45, 2.75) is 18.9 Å². The SMILES string of the molecule is CN(C(=O)c1ccc(-c2ccccc2)[nH]1)C1CCNCC1. The van der Waals surface area contributed by atoms with E-state index in [0.29, 0.717) is 11.7 Å². The molecule has 110 valence electrons. The van der Waals surface area contributed by atoms with E-state index in [-0.39, 0.29) is 5.91 Å². The van der Waals surface area contributed by atoms with Gasteiger partial charge < -0.3 is 15.2 Å². The van der Waals surface area contributed by atoms with Crippen LogP contribution in [0, 0.1) is 0 Å². The van der Waals surface area contributed by atoms with Crippen LogP contribution in [0.2, 0.25) is 0 Å². The highest BCUT2D eigenvalue weighted by Gasteiger charge is 2.23. The van der Waals surface area contributed by atoms with E-state index in [9.17, 15) is 4.79 Å². The van der Waals surface area contributed by atoms with Crippen LogP contribution >= 0.6 is 0 Å². The molecule has 4 nitrogen and oxygen atoms in total. The van der Waals surface area contributed by atoms with Crippen LogP contribution in [0.4, 0.5) is 0 Å². The fourth-order valence-corrected chi connectivity index (χ4v) is 2.86. The maximum Gasteiger partial charge on any atom is 0.270 e. The first-order chi connectivity index (χ1) is 10.3. The molecule has 1 aromatic heterocycles. The Morgan fingerprint density at radius 1 is 1.10 bits per heavy atom. The van der Waals surface area contributed by atoms with Crippen molar-refractivity contribution in [2.24, 2.45) is 0 Å². The van der Waals surface area contributed by atoms with Gasteiger partial charge >= 0.3 is 0 Å².